The van der Waals surface area contributed by atoms with E-state index in [1.165, 1.54) is 19.3 Å². The summed E-state index contributed by atoms with van der Waals surface area (Å²) in [6.45, 7) is 13.6. The molecule has 4 nitrogen and oxygen atoms in total. The first-order chi connectivity index (χ1) is 13.3. The molecule has 0 N–H and O–H groups in total. The minimum absolute atomic E-state index is 0.0538. The summed E-state index contributed by atoms with van der Waals surface area (Å²) in [4.78, 5) is 26.0. The summed E-state index contributed by atoms with van der Waals surface area (Å²) in [5.41, 5.74) is -1.88. The molecular formula is C25H42O4. The molecule has 0 aromatic heterocycles. The average Bonchev–Trinajstić information content (AvgIpc) is 2.56. The van der Waals surface area contributed by atoms with Crippen molar-refractivity contribution in [3.8, 4) is 0 Å². The van der Waals surface area contributed by atoms with Crippen molar-refractivity contribution in [2.24, 2.45) is 28.6 Å². The molecule has 0 saturated heterocycles. The number of carbonyl (C=O) groups excluding carboxylic acids is 2. The summed E-state index contributed by atoms with van der Waals surface area (Å²) in [6.07, 6.45) is 9.19. The molecule has 0 radical (unpaired) electrons. The molecule has 0 amide bonds. The van der Waals surface area contributed by atoms with Crippen molar-refractivity contribution < 1.29 is 19.1 Å². The van der Waals surface area contributed by atoms with Gasteiger partial charge in [-0.1, -0.05) is 6.92 Å². The van der Waals surface area contributed by atoms with Gasteiger partial charge in [0.25, 0.3) is 0 Å². The van der Waals surface area contributed by atoms with Crippen molar-refractivity contribution in [3.05, 3.63) is 0 Å². The van der Waals surface area contributed by atoms with Crippen LogP contribution >= 0.6 is 0 Å². The Morgan fingerprint density at radius 3 is 1.72 bits per heavy atom. The summed E-state index contributed by atoms with van der Waals surface area (Å²) in [5, 5.41) is 0. The SMILES string of the molecule is CCC(C)(CCC(C)(C)C(=O)OC(C)(C)C)C(=O)OC12CC3CC(CC(C3)C1)C2. The van der Waals surface area contributed by atoms with E-state index >= 15 is 0 Å². The summed E-state index contributed by atoms with van der Waals surface area (Å²) in [5.74, 6) is 2.02. The molecule has 0 spiro atoms. The number of rotatable bonds is 7. The van der Waals surface area contributed by atoms with Crippen molar-refractivity contribution in [2.45, 2.75) is 117 Å². The molecule has 166 valence electrons. The highest BCUT2D eigenvalue weighted by Gasteiger charge is 2.54. The number of esters is 2. The van der Waals surface area contributed by atoms with Crippen LogP contribution in [0.1, 0.15) is 106 Å². The topological polar surface area (TPSA) is 52.6 Å². The van der Waals surface area contributed by atoms with Gasteiger partial charge in [-0.25, -0.2) is 0 Å². The minimum atomic E-state index is -0.620. The maximum absolute atomic E-state index is 13.4. The fraction of sp³-hybridized carbons (Fsp3) is 0.920. The van der Waals surface area contributed by atoms with Gasteiger partial charge in [-0.05, 0) is 117 Å². The Morgan fingerprint density at radius 1 is 0.828 bits per heavy atom. The fourth-order valence-electron chi connectivity index (χ4n) is 6.01. The molecule has 0 aliphatic heterocycles. The van der Waals surface area contributed by atoms with Crippen LogP contribution in [0.3, 0.4) is 0 Å². The van der Waals surface area contributed by atoms with Crippen molar-refractivity contribution in [3.63, 3.8) is 0 Å². The normalized spacial score (nSPS) is 33.3. The van der Waals surface area contributed by atoms with Crippen LogP contribution in [0.2, 0.25) is 0 Å². The lowest BCUT2D eigenvalue weighted by Crippen LogP contribution is -2.54. The predicted octanol–water partition coefficient (Wildman–Crippen LogP) is 6.06. The molecular weight excluding hydrogens is 364 g/mol. The Balaban J connectivity index is 1.63. The first-order valence-corrected chi connectivity index (χ1v) is 11.7. The molecule has 4 saturated carbocycles. The lowest BCUT2D eigenvalue weighted by Gasteiger charge is -2.56. The van der Waals surface area contributed by atoms with E-state index in [1.807, 2.05) is 41.5 Å². The van der Waals surface area contributed by atoms with Crippen LogP contribution in [0.5, 0.6) is 0 Å². The van der Waals surface area contributed by atoms with Gasteiger partial charge in [0, 0.05) is 0 Å². The average molecular weight is 407 g/mol. The van der Waals surface area contributed by atoms with E-state index in [9.17, 15) is 9.59 Å². The fourth-order valence-corrected chi connectivity index (χ4v) is 6.01. The smallest absolute Gasteiger partial charge is 0.312 e. The van der Waals surface area contributed by atoms with Crippen molar-refractivity contribution in [1.82, 2.24) is 0 Å². The highest BCUT2D eigenvalue weighted by molar-refractivity contribution is 5.78. The maximum atomic E-state index is 13.4. The second kappa shape index (κ2) is 7.57. The maximum Gasteiger partial charge on any atom is 0.312 e. The van der Waals surface area contributed by atoms with Gasteiger partial charge in [0.05, 0.1) is 10.8 Å². The van der Waals surface area contributed by atoms with E-state index in [0.717, 1.165) is 43.4 Å². The Labute approximate surface area is 177 Å². The Hall–Kier alpha value is -1.06. The number of hydrogen-bond donors (Lipinski definition) is 0. The molecule has 4 bridgehead atoms. The van der Waals surface area contributed by atoms with Gasteiger partial charge in [0.2, 0.25) is 0 Å². The molecule has 1 atom stereocenters. The van der Waals surface area contributed by atoms with Crippen LogP contribution in [0.25, 0.3) is 0 Å². The second-order valence-corrected chi connectivity index (χ2v) is 12.3. The van der Waals surface area contributed by atoms with E-state index in [1.54, 1.807) is 0 Å². The molecule has 4 fully saturated rings. The highest BCUT2D eigenvalue weighted by atomic mass is 16.6. The van der Waals surface area contributed by atoms with Gasteiger partial charge in [-0.3, -0.25) is 9.59 Å². The Bertz CT molecular complexity index is 606. The molecule has 0 aromatic rings. The third-order valence-corrected chi connectivity index (χ3v) is 7.82. The zero-order valence-corrected chi connectivity index (χ0v) is 19.7. The predicted molar refractivity (Wildman–Crippen MR) is 114 cm³/mol. The van der Waals surface area contributed by atoms with E-state index in [0.29, 0.717) is 12.8 Å². The standard InChI is InChI=1S/C25H42O4/c1-8-24(7,10-9-23(5,6)20(26)28-22(2,3)4)21(27)29-25-14-17-11-18(15-25)13-19(12-17)16-25/h17-19H,8-16H2,1-7H3. The third-order valence-electron chi connectivity index (χ3n) is 7.82. The zero-order valence-electron chi connectivity index (χ0n) is 19.7. The van der Waals surface area contributed by atoms with Crippen LogP contribution in [0, 0.1) is 28.6 Å². The molecule has 4 aliphatic rings. The van der Waals surface area contributed by atoms with Gasteiger partial charge in [-0.15, -0.1) is 0 Å². The molecule has 29 heavy (non-hydrogen) atoms. The lowest BCUT2D eigenvalue weighted by atomic mass is 9.54. The van der Waals surface area contributed by atoms with E-state index in [4.69, 9.17) is 9.47 Å². The van der Waals surface area contributed by atoms with E-state index < -0.39 is 16.4 Å². The van der Waals surface area contributed by atoms with Gasteiger partial charge < -0.3 is 9.47 Å². The van der Waals surface area contributed by atoms with Gasteiger partial charge >= 0.3 is 11.9 Å². The molecule has 4 heteroatoms. The Kier molecular flexibility index (Phi) is 5.90. The summed E-state index contributed by atoms with van der Waals surface area (Å²) in [6, 6.07) is 0. The monoisotopic (exact) mass is 406 g/mol. The highest BCUT2D eigenvalue weighted by Crippen LogP contribution is 2.57. The minimum Gasteiger partial charge on any atom is -0.460 e. The van der Waals surface area contributed by atoms with Gasteiger partial charge in [0.15, 0.2) is 0 Å². The van der Waals surface area contributed by atoms with Gasteiger partial charge in [-0.2, -0.15) is 0 Å². The lowest BCUT2D eigenvalue weighted by molar-refractivity contribution is -0.198. The first-order valence-electron chi connectivity index (χ1n) is 11.7. The van der Waals surface area contributed by atoms with Crippen molar-refractivity contribution >= 4 is 11.9 Å². The summed E-state index contributed by atoms with van der Waals surface area (Å²) in [7, 11) is 0. The quantitative estimate of drug-likeness (QED) is 0.482. The van der Waals surface area contributed by atoms with Crippen LogP contribution in [-0.4, -0.2) is 23.1 Å². The van der Waals surface area contributed by atoms with Crippen LogP contribution in [-0.2, 0) is 19.1 Å². The third kappa shape index (κ3) is 4.99. The van der Waals surface area contributed by atoms with E-state index in [-0.39, 0.29) is 17.5 Å². The first kappa shape index (κ1) is 22.6. The zero-order chi connectivity index (χ0) is 21.7. The molecule has 4 aliphatic carbocycles. The Morgan fingerprint density at radius 2 is 1.31 bits per heavy atom. The molecule has 4 rings (SSSR count). The second-order valence-electron chi connectivity index (χ2n) is 12.3. The molecule has 0 aromatic carbocycles. The number of hydrogen-bond acceptors (Lipinski definition) is 4. The van der Waals surface area contributed by atoms with Crippen LogP contribution in [0.15, 0.2) is 0 Å². The van der Waals surface area contributed by atoms with Crippen LogP contribution < -0.4 is 0 Å². The van der Waals surface area contributed by atoms with Crippen molar-refractivity contribution in [1.29, 1.82) is 0 Å². The molecule has 0 heterocycles. The summed E-state index contributed by atoms with van der Waals surface area (Å²) < 4.78 is 12.0. The summed E-state index contributed by atoms with van der Waals surface area (Å²) >= 11 is 0. The number of carbonyl (C=O) groups is 2. The largest absolute Gasteiger partial charge is 0.460 e. The van der Waals surface area contributed by atoms with E-state index in [2.05, 4.69) is 6.92 Å². The molecule has 1 unspecified atom stereocenters. The van der Waals surface area contributed by atoms with Gasteiger partial charge in [0.1, 0.15) is 11.2 Å². The van der Waals surface area contributed by atoms with Crippen molar-refractivity contribution in [2.75, 3.05) is 0 Å². The van der Waals surface area contributed by atoms with Crippen LogP contribution in [0.4, 0.5) is 0 Å². The number of ether oxygens (including phenoxy) is 2.